The van der Waals surface area contributed by atoms with Gasteiger partial charge in [0.05, 0.1) is 10.5 Å². The van der Waals surface area contributed by atoms with Gasteiger partial charge in [0.1, 0.15) is 4.62 Å². The number of alkyl halides is 3. The highest BCUT2D eigenvalue weighted by atomic mass is 79.9. The highest BCUT2D eigenvalue weighted by Gasteiger charge is 2.40. The second kappa shape index (κ2) is 6.96. The minimum absolute atomic E-state index is 0.0451. The molecule has 0 radical (unpaired) electrons. The monoisotopic (exact) mass is 503 g/mol. The molecule has 0 unspecified atom stereocenters. The van der Waals surface area contributed by atoms with Gasteiger partial charge in [-0.1, -0.05) is 11.2 Å². The number of fused-ring (bicyclic) bond motifs is 2. The van der Waals surface area contributed by atoms with E-state index in [9.17, 15) is 21.6 Å². The highest BCUT2D eigenvalue weighted by molar-refractivity contribution is 9.18. The summed E-state index contributed by atoms with van der Waals surface area (Å²) in [6, 6.07) is 6.47. The van der Waals surface area contributed by atoms with Crippen LogP contribution in [0.5, 0.6) is 0 Å². The van der Waals surface area contributed by atoms with E-state index in [1.54, 1.807) is 6.92 Å². The van der Waals surface area contributed by atoms with Crippen molar-refractivity contribution in [2.45, 2.75) is 36.4 Å². The van der Waals surface area contributed by atoms with Gasteiger partial charge in [-0.15, -0.1) is 0 Å². The largest absolute Gasteiger partial charge is 0.416 e. The Labute approximate surface area is 179 Å². The molecule has 0 spiro atoms. The number of hydrogen-bond donors (Lipinski definition) is 2. The van der Waals surface area contributed by atoms with Crippen molar-refractivity contribution in [1.29, 1.82) is 0 Å². The Balaban J connectivity index is 1.88. The molecule has 30 heavy (non-hydrogen) atoms. The molecule has 2 aromatic carbocycles. The second-order valence-corrected chi connectivity index (χ2v) is 10.2. The van der Waals surface area contributed by atoms with Gasteiger partial charge in [-0.05, 0) is 65.3 Å². The molecule has 0 bridgehead atoms. The van der Waals surface area contributed by atoms with Crippen LogP contribution in [-0.4, -0.2) is 20.1 Å². The number of benzene rings is 2. The predicted octanol–water partition coefficient (Wildman–Crippen LogP) is 4.61. The third-order valence-corrected chi connectivity index (χ3v) is 7.07. The molecular weight excluding hydrogens is 487 g/mol. The molecule has 2 aliphatic heterocycles. The quantitative estimate of drug-likeness (QED) is 0.547. The van der Waals surface area contributed by atoms with Gasteiger partial charge < -0.3 is 10.2 Å². The minimum Gasteiger partial charge on any atom is -0.383 e. The van der Waals surface area contributed by atoms with Crippen LogP contribution in [0.2, 0.25) is 0 Å². The molecule has 0 aromatic heterocycles. The lowest BCUT2D eigenvalue weighted by Crippen LogP contribution is -2.26. The summed E-state index contributed by atoms with van der Waals surface area (Å²) in [7, 11) is -2.45. The van der Waals surface area contributed by atoms with Crippen molar-refractivity contribution in [1.82, 2.24) is 4.72 Å². The van der Waals surface area contributed by atoms with Gasteiger partial charge in [0.15, 0.2) is 5.60 Å². The first-order chi connectivity index (χ1) is 13.9. The predicted molar refractivity (Wildman–Crippen MR) is 110 cm³/mol. The molecule has 0 amide bonds. The van der Waals surface area contributed by atoms with Crippen molar-refractivity contribution >= 4 is 41.9 Å². The Morgan fingerprint density at radius 3 is 2.57 bits per heavy atom. The molecule has 2 aromatic rings. The van der Waals surface area contributed by atoms with Crippen molar-refractivity contribution in [2.24, 2.45) is 5.16 Å². The fraction of sp³-hybridized carbons (Fsp3) is 0.316. The van der Waals surface area contributed by atoms with Crippen LogP contribution in [0.25, 0.3) is 0 Å². The SMILES string of the molecule is CNS(=O)(=O)c1cc2c(c([C@@]3(C)CC(Br)=NO3)c1)Nc1cc(C(F)(F)F)ccc1C2. The van der Waals surface area contributed by atoms with Crippen LogP contribution in [0.4, 0.5) is 24.5 Å². The lowest BCUT2D eigenvalue weighted by molar-refractivity contribution is -0.137. The number of sulfonamides is 1. The first kappa shape index (κ1) is 21.1. The van der Waals surface area contributed by atoms with Crippen LogP contribution in [0.3, 0.4) is 0 Å². The fourth-order valence-corrected chi connectivity index (χ4v) is 5.06. The molecule has 2 aliphatic rings. The Morgan fingerprint density at radius 1 is 1.23 bits per heavy atom. The van der Waals surface area contributed by atoms with Gasteiger partial charge in [-0.2, -0.15) is 13.2 Å². The number of nitrogens with one attached hydrogen (secondary N) is 2. The lowest BCUT2D eigenvalue weighted by atomic mass is 9.86. The molecule has 0 saturated heterocycles. The first-order valence-corrected chi connectivity index (χ1v) is 11.2. The number of rotatable bonds is 3. The van der Waals surface area contributed by atoms with Crippen LogP contribution in [-0.2, 0) is 33.1 Å². The van der Waals surface area contributed by atoms with Crippen LogP contribution >= 0.6 is 15.9 Å². The van der Waals surface area contributed by atoms with Crippen LogP contribution in [0, 0.1) is 0 Å². The molecule has 2 heterocycles. The van der Waals surface area contributed by atoms with E-state index in [1.165, 1.54) is 25.2 Å². The van der Waals surface area contributed by atoms with Gasteiger partial charge in [0.25, 0.3) is 0 Å². The average molecular weight is 504 g/mol. The van der Waals surface area contributed by atoms with E-state index < -0.39 is 27.4 Å². The molecule has 1 atom stereocenters. The van der Waals surface area contributed by atoms with Crippen LogP contribution in [0.1, 0.15) is 35.6 Å². The Kier molecular flexibility index (Phi) is 4.90. The lowest BCUT2D eigenvalue weighted by Gasteiger charge is -2.31. The number of halogens is 4. The third-order valence-electron chi connectivity index (χ3n) is 5.25. The van der Waals surface area contributed by atoms with Gasteiger partial charge in [-0.25, -0.2) is 13.1 Å². The normalized spacial score (nSPS) is 20.7. The minimum atomic E-state index is -4.47. The van der Waals surface area contributed by atoms with E-state index >= 15 is 0 Å². The summed E-state index contributed by atoms with van der Waals surface area (Å²) < 4.78 is 67.3. The zero-order valence-electron chi connectivity index (χ0n) is 15.9. The van der Waals surface area contributed by atoms with E-state index in [2.05, 4.69) is 31.1 Å². The van der Waals surface area contributed by atoms with E-state index in [4.69, 9.17) is 4.84 Å². The Bertz CT molecular complexity index is 1180. The zero-order valence-corrected chi connectivity index (χ0v) is 18.3. The molecule has 0 fully saturated rings. The van der Waals surface area contributed by atoms with Gasteiger partial charge in [0, 0.05) is 29.8 Å². The maximum absolute atomic E-state index is 13.2. The fourth-order valence-electron chi connectivity index (χ4n) is 3.65. The molecule has 11 heteroatoms. The summed E-state index contributed by atoms with van der Waals surface area (Å²) in [5.74, 6) is 0. The number of hydrogen-bond acceptors (Lipinski definition) is 5. The Hall–Kier alpha value is -2.11. The summed E-state index contributed by atoms with van der Waals surface area (Å²) in [6.45, 7) is 1.75. The van der Waals surface area contributed by atoms with E-state index in [1.807, 2.05) is 0 Å². The van der Waals surface area contributed by atoms with Crippen molar-refractivity contribution in [3.63, 3.8) is 0 Å². The average Bonchev–Trinajstić information content (AvgIpc) is 3.03. The topological polar surface area (TPSA) is 79.8 Å². The van der Waals surface area contributed by atoms with Crippen molar-refractivity contribution in [2.75, 3.05) is 12.4 Å². The second-order valence-electron chi connectivity index (χ2n) is 7.35. The van der Waals surface area contributed by atoms with Crippen molar-refractivity contribution in [3.05, 3.63) is 52.6 Å². The number of nitrogens with zero attached hydrogens (tertiary/aromatic N) is 1. The standard InChI is InChI=1S/C19H17BrF3N3O3S/c1-18(9-16(20)26-29-18)14-8-13(30(27,28)24-2)6-11-5-10-3-4-12(19(21,22)23)7-15(10)25-17(11)14/h3-4,6-8,24-25H,5,9H2,1-2H3/t18-/m1/s1. The van der Waals surface area contributed by atoms with Crippen LogP contribution < -0.4 is 10.0 Å². The maximum Gasteiger partial charge on any atom is 0.416 e. The third kappa shape index (κ3) is 3.58. The smallest absolute Gasteiger partial charge is 0.383 e. The van der Waals surface area contributed by atoms with Gasteiger partial charge >= 0.3 is 6.18 Å². The van der Waals surface area contributed by atoms with E-state index in [-0.39, 0.29) is 11.3 Å². The van der Waals surface area contributed by atoms with Gasteiger partial charge in [-0.3, -0.25) is 0 Å². The van der Waals surface area contributed by atoms with E-state index in [0.717, 1.165) is 12.1 Å². The number of anilines is 2. The first-order valence-electron chi connectivity index (χ1n) is 8.91. The summed E-state index contributed by atoms with van der Waals surface area (Å²) in [5, 5.41) is 6.98. The Morgan fingerprint density at radius 2 is 1.97 bits per heavy atom. The van der Waals surface area contributed by atoms with Gasteiger partial charge in [0.2, 0.25) is 10.0 Å². The molecular formula is C19H17BrF3N3O3S. The number of oxime groups is 1. The summed E-state index contributed by atoms with van der Waals surface area (Å²) >= 11 is 3.29. The summed E-state index contributed by atoms with van der Waals surface area (Å²) in [4.78, 5) is 5.62. The zero-order chi connectivity index (χ0) is 21.9. The van der Waals surface area contributed by atoms with Crippen molar-refractivity contribution in [3.8, 4) is 0 Å². The molecule has 6 nitrogen and oxygen atoms in total. The molecule has 2 N–H and O–H groups in total. The summed E-state index contributed by atoms with van der Waals surface area (Å²) in [5.41, 5.74) is 0.865. The summed E-state index contributed by atoms with van der Waals surface area (Å²) in [6.07, 6.45) is -3.85. The van der Waals surface area contributed by atoms with Crippen molar-refractivity contribution < 1.29 is 26.4 Å². The highest BCUT2D eigenvalue weighted by Crippen LogP contribution is 2.46. The van der Waals surface area contributed by atoms with Crippen LogP contribution in [0.15, 0.2) is 40.4 Å². The molecule has 160 valence electrons. The molecule has 0 aliphatic carbocycles. The molecule has 0 saturated carbocycles. The van der Waals surface area contributed by atoms with E-state index in [0.29, 0.717) is 39.1 Å². The molecule has 4 rings (SSSR count). The maximum atomic E-state index is 13.2.